The Balaban J connectivity index is 1.61. The van der Waals surface area contributed by atoms with E-state index >= 15 is 0 Å². The topological polar surface area (TPSA) is 49.8 Å². The van der Waals surface area contributed by atoms with E-state index in [-0.39, 0.29) is 5.41 Å². The summed E-state index contributed by atoms with van der Waals surface area (Å²) >= 11 is 0. The summed E-state index contributed by atoms with van der Waals surface area (Å²) in [7, 11) is 0. The van der Waals surface area contributed by atoms with E-state index in [1.165, 1.54) is 12.0 Å². The van der Waals surface area contributed by atoms with Crippen LogP contribution in [0.2, 0.25) is 0 Å². The van der Waals surface area contributed by atoms with Gasteiger partial charge in [0.05, 0.1) is 0 Å². The van der Waals surface area contributed by atoms with Gasteiger partial charge < -0.3 is 10.6 Å². The number of hydrogen-bond donors (Lipinski definition) is 2. The average molecular weight is 310 g/mol. The standard InChI is InChI=1S/C19H26N4/c1-4-21-17-22-11-15(12-23-17)10-20-14-19(13-18(19,2)3)16-8-6-5-7-9-16/h5-9,11-12,20H,4,10,13-14H2,1-3H3,(H,21,22,23). The van der Waals surface area contributed by atoms with Gasteiger partial charge in [0.25, 0.3) is 0 Å². The number of anilines is 1. The van der Waals surface area contributed by atoms with Crippen LogP contribution >= 0.6 is 0 Å². The minimum atomic E-state index is 0.249. The third-order valence-electron chi connectivity index (χ3n) is 5.04. The molecule has 1 aliphatic rings. The Kier molecular flexibility index (Phi) is 4.35. The zero-order valence-corrected chi connectivity index (χ0v) is 14.3. The van der Waals surface area contributed by atoms with Crippen molar-refractivity contribution in [3.63, 3.8) is 0 Å². The first kappa shape index (κ1) is 15.9. The maximum atomic E-state index is 4.32. The Morgan fingerprint density at radius 1 is 1.09 bits per heavy atom. The number of aromatic nitrogens is 2. The molecule has 1 aromatic heterocycles. The number of nitrogens with zero attached hydrogens (tertiary/aromatic N) is 2. The van der Waals surface area contributed by atoms with Gasteiger partial charge in [-0.3, -0.25) is 0 Å². The van der Waals surface area contributed by atoms with Crippen molar-refractivity contribution in [2.24, 2.45) is 5.41 Å². The van der Waals surface area contributed by atoms with Crippen LogP contribution in [-0.4, -0.2) is 23.1 Å². The highest BCUT2D eigenvalue weighted by atomic mass is 15.1. The fourth-order valence-electron chi connectivity index (χ4n) is 3.48. The molecular formula is C19H26N4. The second-order valence-corrected chi connectivity index (χ2v) is 7.06. The van der Waals surface area contributed by atoms with Crippen molar-refractivity contribution < 1.29 is 0 Å². The van der Waals surface area contributed by atoms with Gasteiger partial charge in [0, 0.05) is 43.0 Å². The SMILES string of the molecule is CCNc1ncc(CNCC2(c3ccccc3)CC2(C)C)cn1. The van der Waals surface area contributed by atoms with Crippen molar-refractivity contribution in [3.05, 3.63) is 53.9 Å². The molecule has 2 aromatic rings. The monoisotopic (exact) mass is 310 g/mol. The molecule has 2 N–H and O–H groups in total. The molecule has 1 heterocycles. The minimum Gasteiger partial charge on any atom is -0.355 e. The van der Waals surface area contributed by atoms with Gasteiger partial charge in [-0.2, -0.15) is 0 Å². The van der Waals surface area contributed by atoms with Gasteiger partial charge >= 0.3 is 0 Å². The van der Waals surface area contributed by atoms with Crippen LogP contribution in [-0.2, 0) is 12.0 Å². The Labute approximate surface area is 138 Å². The lowest BCUT2D eigenvalue weighted by atomic mass is 9.88. The van der Waals surface area contributed by atoms with Crippen molar-refractivity contribution in [2.45, 2.75) is 39.2 Å². The van der Waals surface area contributed by atoms with Crippen LogP contribution in [0.1, 0.15) is 38.3 Å². The maximum Gasteiger partial charge on any atom is 0.222 e. The van der Waals surface area contributed by atoms with Gasteiger partial charge in [-0.1, -0.05) is 44.2 Å². The highest BCUT2D eigenvalue weighted by Gasteiger charge is 2.61. The van der Waals surface area contributed by atoms with Crippen LogP contribution in [0.4, 0.5) is 5.95 Å². The lowest BCUT2D eigenvalue weighted by Gasteiger charge is -2.22. The Morgan fingerprint density at radius 3 is 2.30 bits per heavy atom. The Morgan fingerprint density at radius 2 is 1.74 bits per heavy atom. The molecule has 1 atom stereocenters. The molecule has 1 aliphatic carbocycles. The zero-order chi connectivity index (χ0) is 16.3. The zero-order valence-electron chi connectivity index (χ0n) is 14.3. The van der Waals surface area contributed by atoms with E-state index in [0.717, 1.165) is 25.2 Å². The molecule has 0 bridgehead atoms. The summed E-state index contributed by atoms with van der Waals surface area (Å²) in [5, 5.41) is 6.72. The summed E-state index contributed by atoms with van der Waals surface area (Å²) < 4.78 is 0. The van der Waals surface area contributed by atoms with Crippen LogP contribution in [0.15, 0.2) is 42.7 Å². The van der Waals surface area contributed by atoms with Crippen molar-refractivity contribution >= 4 is 5.95 Å². The van der Waals surface area contributed by atoms with Crippen molar-refractivity contribution in [2.75, 3.05) is 18.4 Å². The fourth-order valence-corrected chi connectivity index (χ4v) is 3.48. The van der Waals surface area contributed by atoms with Crippen molar-refractivity contribution in [1.29, 1.82) is 0 Å². The first-order valence-corrected chi connectivity index (χ1v) is 8.38. The van der Waals surface area contributed by atoms with E-state index in [9.17, 15) is 0 Å². The molecule has 122 valence electrons. The van der Waals surface area contributed by atoms with Crippen LogP contribution in [0.5, 0.6) is 0 Å². The van der Waals surface area contributed by atoms with Crippen molar-refractivity contribution in [1.82, 2.24) is 15.3 Å². The van der Waals surface area contributed by atoms with E-state index < -0.39 is 0 Å². The van der Waals surface area contributed by atoms with Gasteiger partial charge in [-0.25, -0.2) is 9.97 Å². The number of rotatable bonds is 7. The summed E-state index contributed by atoms with van der Waals surface area (Å²) in [5.74, 6) is 0.695. The third-order valence-corrected chi connectivity index (χ3v) is 5.04. The number of nitrogens with one attached hydrogen (secondary N) is 2. The first-order valence-electron chi connectivity index (χ1n) is 8.38. The third kappa shape index (κ3) is 3.22. The van der Waals surface area contributed by atoms with Crippen molar-refractivity contribution in [3.8, 4) is 0 Å². The van der Waals surface area contributed by atoms with Crippen LogP contribution < -0.4 is 10.6 Å². The number of benzene rings is 1. The maximum absolute atomic E-state index is 4.32. The molecule has 0 saturated heterocycles. The lowest BCUT2D eigenvalue weighted by molar-refractivity contribution is 0.459. The predicted molar refractivity (Wildman–Crippen MR) is 94.4 cm³/mol. The molecule has 1 saturated carbocycles. The van der Waals surface area contributed by atoms with Crippen LogP contribution in [0.25, 0.3) is 0 Å². The van der Waals surface area contributed by atoms with Gasteiger partial charge in [0.1, 0.15) is 0 Å². The van der Waals surface area contributed by atoms with Crippen LogP contribution in [0.3, 0.4) is 0 Å². The first-order chi connectivity index (χ1) is 11.1. The molecule has 1 aromatic carbocycles. The highest BCUT2D eigenvalue weighted by molar-refractivity contribution is 5.37. The quantitative estimate of drug-likeness (QED) is 0.823. The van der Waals surface area contributed by atoms with Crippen LogP contribution in [0, 0.1) is 5.41 Å². The molecule has 0 radical (unpaired) electrons. The predicted octanol–water partition coefficient (Wildman–Crippen LogP) is 3.37. The molecule has 1 unspecified atom stereocenters. The van der Waals surface area contributed by atoms with E-state index in [4.69, 9.17) is 0 Å². The minimum absolute atomic E-state index is 0.249. The van der Waals surface area contributed by atoms with E-state index in [1.54, 1.807) is 0 Å². The van der Waals surface area contributed by atoms with Gasteiger partial charge in [0.15, 0.2) is 0 Å². The van der Waals surface area contributed by atoms with Gasteiger partial charge in [-0.05, 0) is 24.3 Å². The Bertz CT molecular complexity index is 636. The van der Waals surface area contributed by atoms with E-state index in [1.807, 2.05) is 19.3 Å². The molecule has 1 fully saturated rings. The normalized spacial score (nSPS) is 21.9. The van der Waals surface area contributed by atoms with E-state index in [2.05, 4.69) is 64.8 Å². The molecule has 4 heteroatoms. The summed E-state index contributed by atoms with van der Waals surface area (Å²) in [6, 6.07) is 10.9. The van der Waals surface area contributed by atoms with Gasteiger partial charge in [-0.15, -0.1) is 0 Å². The molecule has 3 rings (SSSR count). The van der Waals surface area contributed by atoms with Gasteiger partial charge in [0.2, 0.25) is 5.95 Å². The highest BCUT2D eigenvalue weighted by Crippen LogP contribution is 2.63. The molecular weight excluding hydrogens is 284 g/mol. The second kappa shape index (κ2) is 6.28. The second-order valence-electron chi connectivity index (χ2n) is 7.06. The lowest BCUT2D eigenvalue weighted by Crippen LogP contribution is -2.30. The summed E-state index contributed by atoms with van der Waals surface area (Å²) in [6.07, 6.45) is 5.02. The summed E-state index contributed by atoms with van der Waals surface area (Å²) in [4.78, 5) is 8.65. The smallest absolute Gasteiger partial charge is 0.222 e. The Hall–Kier alpha value is -1.94. The average Bonchev–Trinajstić information content (AvgIpc) is 3.13. The molecule has 23 heavy (non-hydrogen) atoms. The summed E-state index contributed by atoms with van der Waals surface area (Å²) in [6.45, 7) is 9.38. The summed E-state index contributed by atoms with van der Waals surface area (Å²) in [5.41, 5.74) is 3.16. The molecule has 0 spiro atoms. The fraction of sp³-hybridized carbons (Fsp3) is 0.474. The molecule has 4 nitrogen and oxygen atoms in total. The number of hydrogen-bond acceptors (Lipinski definition) is 4. The molecule has 0 amide bonds. The largest absolute Gasteiger partial charge is 0.355 e. The molecule has 0 aliphatic heterocycles. The van der Waals surface area contributed by atoms with E-state index in [0.29, 0.717) is 11.4 Å².